The summed E-state index contributed by atoms with van der Waals surface area (Å²) < 4.78 is 13.4. The van der Waals surface area contributed by atoms with Crippen LogP contribution in [0, 0.1) is 12.7 Å². The lowest BCUT2D eigenvalue weighted by molar-refractivity contribution is 0.191. The van der Waals surface area contributed by atoms with Crippen LogP contribution in [0.5, 0.6) is 0 Å². The maximum Gasteiger partial charge on any atom is 0.142 e. The SMILES string of the molecule is CCc1c(Cl)nc(C)nc1NCC(O)c1ccc(Cl)c(F)c1. The number of anilines is 1. The van der Waals surface area contributed by atoms with Crippen molar-refractivity contribution in [3.05, 3.63) is 51.1 Å². The van der Waals surface area contributed by atoms with Crippen LogP contribution in [0.25, 0.3) is 0 Å². The molecule has 0 fully saturated rings. The van der Waals surface area contributed by atoms with Crippen LogP contribution < -0.4 is 5.32 Å². The first-order valence-corrected chi connectivity index (χ1v) is 7.57. The second-order valence-electron chi connectivity index (χ2n) is 4.81. The molecule has 7 heteroatoms. The summed E-state index contributed by atoms with van der Waals surface area (Å²) in [7, 11) is 0. The van der Waals surface area contributed by atoms with Crippen molar-refractivity contribution in [3.63, 3.8) is 0 Å². The standard InChI is InChI=1S/C15H16Cl2FN3O/c1-3-10-14(17)20-8(2)21-15(10)19-7-13(22)9-4-5-11(16)12(18)6-9/h4-6,13,22H,3,7H2,1-2H3,(H,19,20,21). The fraction of sp³-hybridized carbons (Fsp3) is 0.333. The van der Waals surface area contributed by atoms with Crippen molar-refractivity contribution in [2.75, 3.05) is 11.9 Å². The highest BCUT2D eigenvalue weighted by Gasteiger charge is 2.14. The van der Waals surface area contributed by atoms with Crippen molar-refractivity contribution >= 4 is 29.0 Å². The summed E-state index contributed by atoms with van der Waals surface area (Å²) in [5.41, 5.74) is 1.21. The molecule has 118 valence electrons. The molecule has 0 aliphatic carbocycles. The molecular weight excluding hydrogens is 328 g/mol. The molecule has 1 unspecified atom stereocenters. The third kappa shape index (κ3) is 3.85. The topological polar surface area (TPSA) is 58.0 Å². The van der Waals surface area contributed by atoms with Gasteiger partial charge in [-0.1, -0.05) is 36.2 Å². The van der Waals surface area contributed by atoms with Gasteiger partial charge in [-0.25, -0.2) is 14.4 Å². The average Bonchev–Trinajstić information content (AvgIpc) is 2.47. The van der Waals surface area contributed by atoms with Crippen LogP contribution in [-0.2, 0) is 6.42 Å². The Morgan fingerprint density at radius 2 is 2.05 bits per heavy atom. The molecule has 22 heavy (non-hydrogen) atoms. The van der Waals surface area contributed by atoms with E-state index in [0.717, 1.165) is 5.56 Å². The summed E-state index contributed by atoms with van der Waals surface area (Å²) in [6.07, 6.45) is -0.238. The molecule has 0 saturated carbocycles. The number of halogens is 3. The average molecular weight is 344 g/mol. The Morgan fingerprint density at radius 1 is 1.32 bits per heavy atom. The van der Waals surface area contributed by atoms with Gasteiger partial charge in [-0.2, -0.15) is 0 Å². The minimum absolute atomic E-state index is 0.0235. The maximum atomic E-state index is 13.4. The van der Waals surface area contributed by atoms with Gasteiger partial charge in [-0.15, -0.1) is 0 Å². The quantitative estimate of drug-likeness (QED) is 0.807. The van der Waals surface area contributed by atoms with E-state index in [9.17, 15) is 9.50 Å². The van der Waals surface area contributed by atoms with Gasteiger partial charge in [0.25, 0.3) is 0 Å². The largest absolute Gasteiger partial charge is 0.387 e. The highest BCUT2D eigenvalue weighted by atomic mass is 35.5. The van der Waals surface area contributed by atoms with Gasteiger partial charge in [0.2, 0.25) is 0 Å². The van der Waals surface area contributed by atoms with Gasteiger partial charge >= 0.3 is 0 Å². The Bertz CT molecular complexity index is 682. The third-order valence-corrected chi connectivity index (χ3v) is 3.83. The normalized spacial score (nSPS) is 12.3. The molecule has 0 radical (unpaired) electrons. The summed E-state index contributed by atoms with van der Waals surface area (Å²) in [6.45, 7) is 3.85. The molecule has 2 aromatic rings. The second-order valence-corrected chi connectivity index (χ2v) is 5.58. The number of aliphatic hydroxyl groups excluding tert-OH is 1. The van der Waals surface area contributed by atoms with E-state index in [1.54, 1.807) is 13.0 Å². The monoisotopic (exact) mass is 343 g/mol. The van der Waals surface area contributed by atoms with E-state index in [-0.39, 0.29) is 11.6 Å². The summed E-state index contributed by atoms with van der Waals surface area (Å²) in [4.78, 5) is 8.39. The minimum atomic E-state index is -0.898. The first kappa shape index (κ1) is 16.9. The zero-order valence-corrected chi connectivity index (χ0v) is 13.7. The van der Waals surface area contributed by atoms with E-state index in [4.69, 9.17) is 23.2 Å². The third-order valence-electron chi connectivity index (χ3n) is 3.21. The van der Waals surface area contributed by atoms with Gasteiger partial charge in [0.05, 0.1) is 11.1 Å². The van der Waals surface area contributed by atoms with E-state index in [1.807, 2.05) is 6.92 Å². The number of benzene rings is 1. The molecule has 0 spiro atoms. The summed E-state index contributed by atoms with van der Waals surface area (Å²) in [5, 5.41) is 13.6. The highest BCUT2D eigenvalue weighted by Crippen LogP contribution is 2.24. The smallest absolute Gasteiger partial charge is 0.142 e. The molecule has 1 aromatic carbocycles. The summed E-state index contributed by atoms with van der Waals surface area (Å²) >= 11 is 11.7. The molecular formula is C15H16Cl2FN3O. The molecule has 1 atom stereocenters. The van der Waals surface area contributed by atoms with E-state index in [0.29, 0.717) is 28.8 Å². The van der Waals surface area contributed by atoms with Crippen molar-refractivity contribution in [2.45, 2.75) is 26.4 Å². The molecule has 1 aromatic heterocycles. The number of aryl methyl sites for hydroxylation is 1. The lowest BCUT2D eigenvalue weighted by atomic mass is 10.1. The lowest BCUT2D eigenvalue weighted by Crippen LogP contribution is -2.15. The predicted molar refractivity (Wildman–Crippen MR) is 86.0 cm³/mol. The Kier molecular flexibility index (Phi) is 5.56. The molecule has 2 N–H and O–H groups in total. The summed E-state index contributed by atoms with van der Waals surface area (Å²) in [5.74, 6) is 0.554. The van der Waals surface area contributed by atoms with Crippen LogP contribution in [0.3, 0.4) is 0 Å². The number of hydrogen-bond donors (Lipinski definition) is 2. The first-order valence-electron chi connectivity index (χ1n) is 6.82. The van der Waals surface area contributed by atoms with Gasteiger partial charge in [0, 0.05) is 12.1 Å². The highest BCUT2D eigenvalue weighted by molar-refractivity contribution is 6.30. The Labute approximate surface area is 138 Å². The van der Waals surface area contributed by atoms with E-state index in [1.165, 1.54) is 12.1 Å². The van der Waals surface area contributed by atoms with Gasteiger partial charge in [0.15, 0.2) is 0 Å². The van der Waals surface area contributed by atoms with Gasteiger partial charge in [-0.3, -0.25) is 0 Å². The molecule has 1 heterocycles. The zero-order chi connectivity index (χ0) is 16.3. The van der Waals surface area contributed by atoms with E-state index >= 15 is 0 Å². The van der Waals surface area contributed by atoms with Crippen LogP contribution >= 0.6 is 23.2 Å². The Hall–Kier alpha value is -1.43. The van der Waals surface area contributed by atoms with E-state index in [2.05, 4.69) is 15.3 Å². The molecule has 0 amide bonds. The fourth-order valence-corrected chi connectivity index (χ4v) is 2.51. The minimum Gasteiger partial charge on any atom is -0.387 e. The molecule has 0 aliphatic rings. The van der Waals surface area contributed by atoms with Crippen LogP contribution in [-0.4, -0.2) is 21.6 Å². The van der Waals surface area contributed by atoms with Gasteiger partial charge in [0.1, 0.15) is 22.6 Å². The van der Waals surface area contributed by atoms with Crippen molar-refractivity contribution < 1.29 is 9.50 Å². The summed E-state index contributed by atoms with van der Waals surface area (Å²) in [6, 6.07) is 4.21. The second kappa shape index (κ2) is 7.22. The Balaban J connectivity index is 2.14. The number of aromatic nitrogens is 2. The predicted octanol–water partition coefficient (Wildman–Crippen LogP) is 3.94. The molecule has 0 bridgehead atoms. The van der Waals surface area contributed by atoms with Crippen LogP contribution in [0.2, 0.25) is 10.2 Å². The molecule has 0 saturated heterocycles. The fourth-order valence-electron chi connectivity index (χ4n) is 2.05. The van der Waals surface area contributed by atoms with Crippen molar-refractivity contribution in [1.82, 2.24) is 9.97 Å². The number of hydrogen-bond acceptors (Lipinski definition) is 4. The zero-order valence-electron chi connectivity index (χ0n) is 12.2. The Morgan fingerprint density at radius 3 is 2.68 bits per heavy atom. The van der Waals surface area contributed by atoms with Crippen molar-refractivity contribution in [3.8, 4) is 0 Å². The molecule has 2 rings (SSSR count). The number of nitrogens with one attached hydrogen (secondary N) is 1. The van der Waals surface area contributed by atoms with E-state index < -0.39 is 11.9 Å². The maximum absolute atomic E-state index is 13.4. The van der Waals surface area contributed by atoms with Crippen LogP contribution in [0.4, 0.5) is 10.2 Å². The first-order chi connectivity index (χ1) is 10.4. The lowest BCUT2D eigenvalue weighted by Gasteiger charge is -2.16. The van der Waals surface area contributed by atoms with Crippen molar-refractivity contribution in [1.29, 1.82) is 0 Å². The van der Waals surface area contributed by atoms with Crippen LogP contribution in [0.1, 0.15) is 30.0 Å². The number of aliphatic hydroxyl groups is 1. The molecule has 4 nitrogen and oxygen atoms in total. The van der Waals surface area contributed by atoms with Crippen molar-refractivity contribution in [2.24, 2.45) is 0 Å². The molecule has 0 aliphatic heterocycles. The number of rotatable bonds is 5. The van der Waals surface area contributed by atoms with Crippen LogP contribution in [0.15, 0.2) is 18.2 Å². The number of nitrogens with zero attached hydrogens (tertiary/aromatic N) is 2. The van der Waals surface area contributed by atoms with Gasteiger partial charge < -0.3 is 10.4 Å². The van der Waals surface area contributed by atoms with Gasteiger partial charge in [-0.05, 0) is 31.0 Å².